The van der Waals surface area contributed by atoms with Crippen LogP contribution < -0.4 is 10.1 Å². The zero-order valence-electron chi connectivity index (χ0n) is 14.2. The number of carboxylic acid groups (broad SMARTS) is 1. The van der Waals surface area contributed by atoms with Crippen molar-refractivity contribution in [3.05, 3.63) is 64.1 Å². The van der Waals surface area contributed by atoms with Crippen LogP contribution in [0.2, 0.25) is 0 Å². The van der Waals surface area contributed by atoms with E-state index in [1.165, 1.54) is 18.2 Å². The molecule has 0 heterocycles. The highest BCUT2D eigenvalue weighted by Gasteiger charge is 2.16. The van der Waals surface area contributed by atoms with E-state index in [0.29, 0.717) is 10.5 Å². The van der Waals surface area contributed by atoms with E-state index < -0.39 is 30.9 Å². The van der Waals surface area contributed by atoms with Gasteiger partial charge in [0.2, 0.25) is 0 Å². The predicted octanol–water partition coefficient (Wildman–Crippen LogP) is 4.97. The second-order valence-corrected chi connectivity index (χ2v) is 6.19. The van der Waals surface area contributed by atoms with Gasteiger partial charge >= 0.3 is 19.2 Å². The zero-order chi connectivity index (χ0) is 21.6. The topological polar surface area (TPSA) is 84.9 Å². The fourth-order valence-corrected chi connectivity index (χ4v) is 2.53. The smallest absolute Gasteiger partial charge is 0.387 e. The van der Waals surface area contributed by atoms with Gasteiger partial charge in [-0.15, -0.1) is 0 Å². The first-order valence-electron chi connectivity index (χ1n) is 7.71. The lowest BCUT2D eigenvalue weighted by atomic mass is 10.1. The van der Waals surface area contributed by atoms with Gasteiger partial charge in [0.15, 0.2) is 0 Å². The fraction of sp³-hybridized carbons (Fsp3) is 0.111. The van der Waals surface area contributed by atoms with E-state index in [-0.39, 0.29) is 22.6 Å². The monoisotopic (exact) mass is 477 g/mol. The Labute approximate surface area is 169 Å². The number of hydrogen-bond acceptors (Lipinski definition) is 4. The van der Waals surface area contributed by atoms with Crippen LogP contribution in [-0.2, 0) is 9.53 Å². The van der Waals surface area contributed by atoms with Crippen LogP contribution in [0.4, 0.5) is 23.2 Å². The maximum Gasteiger partial charge on any atom is 0.387 e. The summed E-state index contributed by atoms with van der Waals surface area (Å²) in [6.45, 7) is -6.33. The van der Waals surface area contributed by atoms with E-state index in [4.69, 9.17) is 0 Å². The summed E-state index contributed by atoms with van der Waals surface area (Å²) in [6.07, 6.45) is 0.683. The highest BCUT2D eigenvalue weighted by molar-refractivity contribution is 9.10. The van der Waals surface area contributed by atoms with Gasteiger partial charge in [0.05, 0.1) is 11.3 Å². The SMILES string of the molecule is O=C(/C=C(/OC(F)F)c1ccc(OC(F)F)cc1)Nc1ccc(Br)cc1C(=O)O. The number of nitrogens with one attached hydrogen (secondary N) is 1. The molecule has 0 aromatic heterocycles. The molecule has 2 N–H and O–H groups in total. The third-order valence-electron chi connectivity index (χ3n) is 3.31. The molecule has 0 saturated carbocycles. The molecule has 0 atom stereocenters. The van der Waals surface area contributed by atoms with Crippen molar-refractivity contribution >= 4 is 39.3 Å². The second-order valence-electron chi connectivity index (χ2n) is 5.27. The number of benzene rings is 2. The molecule has 2 aromatic carbocycles. The summed E-state index contributed by atoms with van der Waals surface area (Å²) < 4.78 is 58.7. The number of carbonyl (C=O) groups is 2. The number of amides is 1. The van der Waals surface area contributed by atoms with Gasteiger partial charge in [-0.2, -0.15) is 17.6 Å². The Bertz CT molecular complexity index is 919. The summed E-state index contributed by atoms with van der Waals surface area (Å²) in [5.74, 6) is -3.04. The quantitative estimate of drug-likeness (QED) is 0.318. The lowest BCUT2D eigenvalue weighted by Crippen LogP contribution is -2.13. The fourth-order valence-electron chi connectivity index (χ4n) is 2.17. The first kappa shape index (κ1) is 22.2. The highest BCUT2D eigenvalue weighted by Crippen LogP contribution is 2.24. The average molecular weight is 478 g/mol. The minimum Gasteiger partial charge on any atom is -0.478 e. The van der Waals surface area contributed by atoms with Crippen LogP contribution in [0.15, 0.2) is 53.0 Å². The summed E-state index contributed by atoms with van der Waals surface area (Å²) in [5, 5.41) is 11.5. The lowest BCUT2D eigenvalue weighted by Gasteiger charge is -2.12. The molecule has 2 aromatic rings. The van der Waals surface area contributed by atoms with Crippen molar-refractivity contribution in [1.82, 2.24) is 0 Å². The number of ether oxygens (including phenoxy) is 2. The van der Waals surface area contributed by atoms with Gasteiger partial charge in [-0.05, 0) is 42.5 Å². The van der Waals surface area contributed by atoms with E-state index in [1.807, 2.05) is 0 Å². The van der Waals surface area contributed by atoms with Crippen LogP contribution in [0, 0.1) is 0 Å². The Morgan fingerprint density at radius 2 is 1.69 bits per heavy atom. The Morgan fingerprint density at radius 1 is 1.03 bits per heavy atom. The van der Waals surface area contributed by atoms with Gasteiger partial charge in [-0.25, -0.2) is 4.79 Å². The van der Waals surface area contributed by atoms with E-state index in [9.17, 15) is 32.3 Å². The van der Waals surface area contributed by atoms with Crippen molar-refractivity contribution in [3.63, 3.8) is 0 Å². The molecule has 0 aliphatic rings. The number of alkyl halides is 4. The van der Waals surface area contributed by atoms with Gasteiger partial charge in [-0.1, -0.05) is 15.9 Å². The van der Waals surface area contributed by atoms with E-state index in [0.717, 1.165) is 24.3 Å². The molecule has 0 fully saturated rings. The van der Waals surface area contributed by atoms with Crippen LogP contribution in [0.1, 0.15) is 15.9 Å². The Morgan fingerprint density at radius 3 is 2.24 bits per heavy atom. The molecular formula is C18H12BrF4NO5. The molecule has 0 spiro atoms. The molecule has 0 bridgehead atoms. The van der Waals surface area contributed by atoms with Crippen molar-refractivity contribution in [1.29, 1.82) is 0 Å². The molecule has 0 unspecified atom stereocenters. The number of rotatable bonds is 8. The summed E-state index contributed by atoms with van der Waals surface area (Å²) in [6, 6.07) is 8.48. The maximum atomic E-state index is 12.7. The molecule has 1 amide bonds. The molecule has 0 aliphatic carbocycles. The number of hydrogen-bond donors (Lipinski definition) is 2. The normalized spacial score (nSPS) is 11.5. The summed E-state index contributed by atoms with van der Waals surface area (Å²) in [5.41, 5.74) is -0.318. The highest BCUT2D eigenvalue weighted by atomic mass is 79.9. The number of halogens is 5. The van der Waals surface area contributed by atoms with Crippen molar-refractivity contribution in [2.24, 2.45) is 0 Å². The Balaban J connectivity index is 2.28. The minimum atomic E-state index is -3.27. The van der Waals surface area contributed by atoms with Gasteiger partial charge in [0.25, 0.3) is 5.91 Å². The maximum absolute atomic E-state index is 12.7. The lowest BCUT2D eigenvalue weighted by molar-refractivity contribution is -0.112. The van der Waals surface area contributed by atoms with Gasteiger partial charge in [0, 0.05) is 16.1 Å². The zero-order valence-corrected chi connectivity index (χ0v) is 15.8. The van der Waals surface area contributed by atoms with E-state index >= 15 is 0 Å². The molecule has 11 heteroatoms. The van der Waals surface area contributed by atoms with Gasteiger partial charge < -0.3 is 19.9 Å². The van der Waals surface area contributed by atoms with Crippen molar-refractivity contribution in [2.45, 2.75) is 13.2 Å². The summed E-state index contributed by atoms with van der Waals surface area (Å²) in [4.78, 5) is 23.5. The molecule has 2 rings (SSSR count). The molecule has 29 heavy (non-hydrogen) atoms. The predicted molar refractivity (Wildman–Crippen MR) is 97.9 cm³/mol. The summed E-state index contributed by atoms with van der Waals surface area (Å²) >= 11 is 3.10. The molecule has 0 radical (unpaired) electrons. The molecule has 0 saturated heterocycles. The Hall–Kier alpha value is -3.08. The molecule has 0 aliphatic heterocycles. The first-order valence-corrected chi connectivity index (χ1v) is 8.50. The third kappa shape index (κ3) is 6.79. The van der Waals surface area contributed by atoms with Crippen molar-refractivity contribution in [3.8, 4) is 5.75 Å². The van der Waals surface area contributed by atoms with E-state index in [2.05, 4.69) is 30.7 Å². The number of carboxylic acids is 1. The Kier molecular flexibility index (Phi) is 7.59. The minimum absolute atomic E-state index is 0.0173. The number of anilines is 1. The van der Waals surface area contributed by atoms with Crippen molar-refractivity contribution < 1.29 is 41.7 Å². The van der Waals surface area contributed by atoms with Crippen LogP contribution in [0.3, 0.4) is 0 Å². The average Bonchev–Trinajstić information content (AvgIpc) is 2.62. The largest absolute Gasteiger partial charge is 0.478 e. The standard InChI is InChI=1S/C18H12BrF4NO5/c19-10-3-6-13(12(7-10)16(26)27)24-15(25)8-14(29-18(22)23)9-1-4-11(5-2-9)28-17(20)21/h1-8,17-18H,(H,24,25)(H,26,27)/b14-8+. The number of aromatic carboxylic acids is 1. The first-order chi connectivity index (χ1) is 13.7. The third-order valence-corrected chi connectivity index (χ3v) is 3.81. The van der Waals surface area contributed by atoms with Crippen LogP contribution >= 0.6 is 15.9 Å². The van der Waals surface area contributed by atoms with Crippen LogP contribution in [-0.4, -0.2) is 30.2 Å². The van der Waals surface area contributed by atoms with Gasteiger partial charge in [-0.3, -0.25) is 4.79 Å². The second kappa shape index (κ2) is 9.92. The molecule has 154 valence electrons. The van der Waals surface area contributed by atoms with Gasteiger partial charge in [0.1, 0.15) is 11.5 Å². The molecule has 6 nitrogen and oxygen atoms in total. The van der Waals surface area contributed by atoms with Crippen LogP contribution in [0.25, 0.3) is 5.76 Å². The van der Waals surface area contributed by atoms with E-state index in [1.54, 1.807) is 0 Å². The number of carbonyl (C=O) groups excluding carboxylic acids is 1. The summed E-state index contributed by atoms with van der Waals surface area (Å²) in [7, 11) is 0. The van der Waals surface area contributed by atoms with Crippen molar-refractivity contribution in [2.75, 3.05) is 5.32 Å². The van der Waals surface area contributed by atoms with Crippen LogP contribution in [0.5, 0.6) is 5.75 Å². The molecular weight excluding hydrogens is 466 g/mol.